The van der Waals surface area contributed by atoms with Crippen molar-refractivity contribution in [3.05, 3.63) is 124 Å². The van der Waals surface area contributed by atoms with E-state index in [0.29, 0.717) is 0 Å². The van der Waals surface area contributed by atoms with Crippen molar-refractivity contribution >= 4 is 10.8 Å². The van der Waals surface area contributed by atoms with E-state index in [2.05, 4.69) is 43.3 Å². The molecule has 3 rings (SSSR count). The first-order valence-electron chi connectivity index (χ1n) is 6.22. The molecule has 3 aromatic rings. The van der Waals surface area contributed by atoms with Gasteiger partial charge in [0.2, 0.25) is 0 Å². The summed E-state index contributed by atoms with van der Waals surface area (Å²) in [5, 5.41) is 2.81. The van der Waals surface area contributed by atoms with Gasteiger partial charge in [-0.2, -0.15) is 24.3 Å². The molecule has 0 heterocycles. The Morgan fingerprint density at radius 1 is 0.760 bits per heavy atom. The van der Waals surface area contributed by atoms with Crippen LogP contribution in [0.5, 0.6) is 0 Å². The van der Waals surface area contributed by atoms with Crippen LogP contribution in [-0.4, -0.2) is 0 Å². The molecule has 0 saturated heterocycles. The van der Waals surface area contributed by atoms with Gasteiger partial charge in [-0.1, -0.05) is 25.8 Å². The fourth-order valence-electron chi connectivity index (χ4n) is 2.02. The Kier molecular flexibility index (Phi) is 44.5. The van der Waals surface area contributed by atoms with Crippen LogP contribution in [0.4, 0.5) is 0 Å². The third kappa shape index (κ3) is 14.0. The second-order valence-electron chi connectivity index (χ2n) is 4.16. The first-order chi connectivity index (χ1) is 8.42. The van der Waals surface area contributed by atoms with Gasteiger partial charge in [-0.25, -0.2) is 12.1 Å². The van der Waals surface area contributed by atoms with Crippen LogP contribution in [-0.2, 0) is 32.3 Å². The first-order valence-corrected chi connectivity index (χ1v) is 6.22. The topological polar surface area (TPSA) is 0 Å². The maximum Gasteiger partial charge on any atom is 0 e. The molecule has 1 heteroatoms. The maximum absolute atomic E-state index is 2.24. The molecule has 148 valence electrons. The molecule has 0 aliphatic rings. The number of hydrogen-bond donors (Lipinski definition) is 0. The quantitative estimate of drug-likeness (QED) is 0.244. The summed E-state index contributed by atoms with van der Waals surface area (Å²) in [6.45, 7) is 2.22. The molecule has 0 radical (unpaired) electrons. The van der Waals surface area contributed by atoms with E-state index in [-0.39, 0.29) is 77.8 Å². The number of aryl methyl sites for hydroxylation is 1. The Balaban J connectivity index is -0.0000000450. The van der Waals surface area contributed by atoms with Crippen molar-refractivity contribution in [3.63, 3.8) is 0 Å². The van der Waals surface area contributed by atoms with E-state index in [9.17, 15) is 0 Å². The van der Waals surface area contributed by atoms with Crippen LogP contribution in [0.2, 0.25) is 0 Å². The fourth-order valence-corrected chi connectivity index (χ4v) is 2.02. The average molecular weight is 506 g/mol. The van der Waals surface area contributed by atoms with E-state index in [1.54, 1.807) is 0 Å². The van der Waals surface area contributed by atoms with Gasteiger partial charge < -0.3 is 52.0 Å². The van der Waals surface area contributed by atoms with Crippen LogP contribution >= 0.6 is 0 Å². The van der Waals surface area contributed by atoms with Gasteiger partial charge in [-0.3, -0.25) is 0 Å². The number of hydrogen-bond acceptors (Lipinski definition) is 0. The van der Waals surface area contributed by atoms with Crippen molar-refractivity contribution in [3.8, 4) is 0 Å². The Morgan fingerprint density at radius 2 is 1.28 bits per heavy atom. The van der Waals surface area contributed by atoms with E-state index >= 15 is 0 Å². The number of benzene rings is 1. The zero-order valence-corrected chi connectivity index (χ0v) is 21.4. The second kappa shape index (κ2) is 25.3. The van der Waals surface area contributed by atoms with Crippen molar-refractivity contribution < 1.29 is 25.8 Å². The molecule has 0 N–H and O–H groups in total. The maximum atomic E-state index is 2.24. The standard InChI is InChI=1S/C12H13.C5H5.7CH3.Hf/c1-2-5-10-8-9-11-6-3-4-7-12(10)11;1-2-4-5-3-1;;;;;;;;/h3-4,6-9H,2,5H2,1H3;1-5H;7*1H3;/q9*-1;. The van der Waals surface area contributed by atoms with Gasteiger partial charge >= 0.3 is 0 Å². The third-order valence-corrected chi connectivity index (χ3v) is 2.85. The van der Waals surface area contributed by atoms with E-state index in [1.165, 1.54) is 29.2 Å². The summed E-state index contributed by atoms with van der Waals surface area (Å²) >= 11 is 0. The first kappa shape index (κ1) is 44.0. The largest absolute Gasteiger partial charge is 0.358 e. The zero-order chi connectivity index (χ0) is 11.9. The zero-order valence-electron chi connectivity index (χ0n) is 17.8. The van der Waals surface area contributed by atoms with Crippen LogP contribution in [0.15, 0.2) is 66.7 Å². The van der Waals surface area contributed by atoms with Gasteiger partial charge in [-0.05, 0) is 0 Å². The van der Waals surface area contributed by atoms with Crippen molar-refractivity contribution in [2.45, 2.75) is 19.8 Å². The Hall–Kier alpha value is -0.950. The predicted molar refractivity (Wildman–Crippen MR) is 120 cm³/mol. The summed E-state index contributed by atoms with van der Waals surface area (Å²) < 4.78 is 0. The molecular formula is C24H39Hf-9. The summed E-state index contributed by atoms with van der Waals surface area (Å²) in [5.41, 5.74) is 1.49. The molecule has 0 aromatic heterocycles. The average Bonchev–Trinajstić information content (AvgIpc) is 3.02. The molecule has 0 fully saturated rings. The molecule has 0 unspecified atom stereocenters. The van der Waals surface area contributed by atoms with E-state index < -0.39 is 0 Å². The fraction of sp³-hybridized carbons (Fsp3) is 0.125. The van der Waals surface area contributed by atoms with Gasteiger partial charge in [0.25, 0.3) is 0 Å². The van der Waals surface area contributed by atoms with Crippen LogP contribution in [0, 0.1) is 52.0 Å². The summed E-state index contributed by atoms with van der Waals surface area (Å²) in [5.74, 6) is 0. The van der Waals surface area contributed by atoms with E-state index in [1.807, 2.05) is 30.3 Å². The molecule has 0 nitrogen and oxygen atoms in total. The molecule has 0 spiro atoms. The second-order valence-corrected chi connectivity index (χ2v) is 4.16. The van der Waals surface area contributed by atoms with Crippen LogP contribution in [0.3, 0.4) is 0 Å². The van der Waals surface area contributed by atoms with Crippen molar-refractivity contribution in [2.24, 2.45) is 0 Å². The Bertz CT molecular complexity index is 515. The van der Waals surface area contributed by atoms with Gasteiger partial charge in [0.05, 0.1) is 0 Å². The third-order valence-electron chi connectivity index (χ3n) is 2.85. The minimum Gasteiger partial charge on any atom is -0.358 e. The smallest absolute Gasteiger partial charge is 0 e. The monoisotopic (exact) mass is 507 g/mol. The molecule has 0 atom stereocenters. The predicted octanol–water partition coefficient (Wildman–Crippen LogP) is 8.07. The van der Waals surface area contributed by atoms with E-state index in [4.69, 9.17) is 0 Å². The molecule has 25 heavy (non-hydrogen) atoms. The Morgan fingerprint density at radius 3 is 1.72 bits per heavy atom. The van der Waals surface area contributed by atoms with Gasteiger partial charge in [0.1, 0.15) is 0 Å². The van der Waals surface area contributed by atoms with Gasteiger partial charge in [-0.15, -0.1) is 40.6 Å². The summed E-state index contributed by atoms with van der Waals surface area (Å²) in [7, 11) is 0. The van der Waals surface area contributed by atoms with Crippen molar-refractivity contribution in [1.29, 1.82) is 0 Å². The van der Waals surface area contributed by atoms with Crippen molar-refractivity contribution in [2.75, 3.05) is 0 Å². The van der Waals surface area contributed by atoms with Gasteiger partial charge in [0, 0.05) is 25.8 Å². The normalized spacial score (nSPS) is 6.76. The number of rotatable bonds is 2. The summed E-state index contributed by atoms with van der Waals surface area (Å²) in [6, 6.07) is 23.0. The minimum absolute atomic E-state index is 0. The minimum atomic E-state index is 0. The van der Waals surface area contributed by atoms with Crippen LogP contribution < -0.4 is 0 Å². The molecule has 0 bridgehead atoms. The molecular weight excluding hydrogens is 467 g/mol. The summed E-state index contributed by atoms with van der Waals surface area (Å²) in [4.78, 5) is 0. The van der Waals surface area contributed by atoms with Crippen LogP contribution in [0.25, 0.3) is 10.8 Å². The number of fused-ring (bicyclic) bond motifs is 1. The van der Waals surface area contributed by atoms with Crippen LogP contribution in [0.1, 0.15) is 18.9 Å². The SMILES string of the molecule is CCC[c-]1ccc2ccccc21.[CH3-].[CH3-].[CH3-].[CH3-].[CH3-].[CH3-].[CH3-].[Hf].c1cc[cH-]c1. The van der Waals surface area contributed by atoms with Crippen molar-refractivity contribution in [1.82, 2.24) is 0 Å². The molecule has 0 amide bonds. The van der Waals surface area contributed by atoms with Gasteiger partial charge in [0.15, 0.2) is 0 Å². The molecule has 0 aliphatic carbocycles. The molecule has 0 saturated carbocycles. The molecule has 0 aliphatic heterocycles. The summed E-state index contributed by atoms with van der Waals surface area (Å²) in [6.07, 6.45) is 2.43. The molecule has 3 aromatic carbocycles. The Labute approximate surface area is 180 Å². The van der Waals surface area contributed by atoms with E-state index in [0.717, 1.165) is 0 Å².